The van der Waals surface area contributed by atoms with Gasteiger partial charge in [0.05, 0.1) is 25.4 Å². The van der Waals surface area contributed by atoms with Gasteiger partial charge in [0, 0.05) is 5.69 Å². The lowest BCUT2D eigenvalue weighted by molar-refractivity contribution is -0.115. The van der Waals surface area contributed by atoms with E-state index in [2.05, 4.69) is 15.6 Å². The number of nitrogens with zero attached hydrogens (tertiary/aromatic N) is 1. The molecule has 2 N–H and O–H groups in total. The summed E-state index contributed by atoms with van der Waals surface area (Å²) in [5.74, 6) is 1.41. The summed E-state index contributed by atoms with van der Waals surface area (Å²) in [6.07, 6.45) is 1.94. The summed E-state index contributed by atoms with van der Waals surface area (Å²) in [6.45, 7) is 2.04. The monoisotopic (exact) mass is 347 g/mol. The minimum absolute atomic E-state index is 0.0867. The van der Waals surface area contributed by atoms with Crippen molar-refractivity contribution in [3.8, 4) is 5.75 Å². The van der Waals surface area contributed by atoms with E-state index in [1.54, 1.807) is 13.3 Å². The first kappa shape index (κ1) is 17.5. The number of nitrogens with one attached hydrogen (secondary N) is 2. The quantitative estimate of drug-likeness (QED) is 0.697. The number of pyridine rings is 1. The molecule has 0 aliphatic heterocycles. The van der Waals surface area contributed by atoms with Crippen molar-refractivity contribution in [2.45, 2.75) is 13.3 Å². The summed E-state index contributed by atoms with van der Waals surface area (Å²) < 4.78 is 5.12. The second-order valence-corrected chi connectivity index (χ2v) is 6.00. The van der Waals surface area contributed by atoms with Crippen LogP contribution in [0.1, 0.15) is 11.1 Å². The van der Waals surface area contributed by atoms with Crippen LogP contribution in [0.2, 0.25) is 0 Å². The molecule has 0 aliphatic carbocycles. The molecule has 0 spiro atoms. The average molecular weight is 347 g/mol. The van der Waals surface area contributed by atoms with Crippen molar-refractivity contribution < 1.29 is 9.53 Å². The average Bonchev–Trinajstić information content (AvgIpc) is 2.64. The van der Waals surface area contributed by atoms with Gasteiger partial charge >= 0.3 is 0 Å². The third-order valence-corrected chi connectivity index (χ3v) is 3.86. The Balaban J connectivity index is 1.57. The number of benzene rings is 2. The molecule has 0 atom stereocenters. The van der Waals surface area contributed by atoms with E-state index in [-0.39, 0.29) is 5.91 Å². The van der Waals surface area contributed by atoms with Gasteiger partial charge < -0.3 is 15.4 Å². The van der Waals surface area contributed by atoms with E-state index in [4.69, 9.17) is 4.74 Å². The normalized spacial score (nSPS) is 10.2. The molecular weight excluding hydrogens is 326 g/mol. The molecule has 1 heterocycles. The molecule has 0 bridgehead atoms. The zero-order valence-electron chi connectivity index (χ0n) is 14.8. The maximum absolute atomic E-state index is 12.2. The van der Waals surface area contributed by atoms with Gasteiger partial charge in [-0.15, -0.1) is 0 Å². The van der Waals surface area contributed by atoms with Gasteiger partial charge in [0.1, 0.15) is 11.6 Å². The zero-order valence-corrected chi connectivity index (χ0v) is 14.8. The minimum Gasteiger partial charge on any atom is -0.497 e. The number of anilines is 3. The van der Waals surface area contributed by atoms with Crippen LogP contribution in [-0.4, -0.2) is 18.0 Å². The summed E-state index contributed by atoms with van der Waals surface area (Å²) in [6, 6.07) is 19.2. The van der Waals surface area contributed by atoms with E-state index in [1.807, 2.05) is 67.6 Å². The minimum atomic E-state index is -0.0867. The number of carbonyl (C=O) groups is 1. The Labute approximate surface area is 153 Å². The van der Waals surface area contributed by atoms with Crippen molar-refractivity contribution in [1.82, 2.24) is 4.98 Å². The second kappa shape index (κ2) is 8.16. The number of ether oxygens (including phenoxy) is 1. The van der Waals surface area contributed by atoms with E-state index in [9.17, 15) is 4.79 Å². The Bertz CT molecular complexity index is 875. The summed E-state index contributed by atoms with van der Waals surface area (Å²) in [5, 5.41) is 6.10. The van der Waals surface area contributed by atoms with Gasteiger partial charge in [-0.05, 0) is 54.4 Å². The Morgan fingerprint density at radius 1 is 1.04 bits per heavy atom. The van der Waals surface area contributed by atoms with E-state index in [1.165, 1.54) is 5.56 Å². The largest absolute Gasteiger partial charge is 0.497 e. The van der Waals surface area contributed by atoms with Crippen molar-refractivity contribution in [2.24, 2.45) is 0 Å². The van der Waals surface area contributed by atoms with Gasteiger partial charge in [-0.25, -0.2) is 4.98 Å². The highest BCUT2D eigenvalue weighted by Crippen LogP contribution is 2.17. The van der Waals surface area contributed by atoms with Gasteiger partial charge in [0.2, 0.25) is 5.91 Å². The van der Waals surface area contributed by atoms with Crippen LogP contribution in [0.5, 0.6) is 5.75 Å². The van der Waals surface area contributed by atoms with E-state index >= 15 is 0 Å². The molecule has 132 valence electrons. The lowest BCUT2D eigenvalue weighted by Crippen LogP contribution is -2.14. The molecule has 0 saturated heterocycles. The molecular formula is C21H21N3O2. The molecule has 5 nitrogen and oxygen atoms in total. The Morgan fingerprint density at radius 3 is 2.50 bits per heavy atom. The van der Waals surface area contributed by atoms with Crippen LogP contribution >= 0.6 is 0 Å². The first-order valence-electron chi connectivity index (χ1n) is 8.35. The van der Waals surface area contributed by atoms with Crippen LogP contribution < -0.4 is 15.4 Å². The molecule has 26 heavy (non-hydrogen) atoms. The molecule has 3 aromatic rings. The number of hydrogen-bond donors (Lipinski definition) is 2. The van der Waals surface area contributed by atoms with Crippen molar-refractivity contribution in [3.05, 3.63) is 78.0 Å². The topological polar surface area (TPSA) is 63.2 Å². The summed E-state index contributed by atoms with van der Waals surface area (Å²) in [4.78, 5) is 16.5. The smallest absolute Gasteiger partial charge is 0.228 e. The van der Waals surface area contributed by atoms with Gasteiger partial charge in [-0.3, -0.25) is 4.79 Å². The van der Waals surface area contributed by atoms with Crippen molar-refractivity contribution in [3.63, 3.8) is 0 Å². The first-order valence-corrected chi connectivity index (χ1v) is 8.35. The summed E-state index contributed by atoms with van der Waals surface area (Å²) in [7, 11) is 1.62. The predicted octanol–water partition coefficient (Wildman–Crippen LogP) is 4.32. The first-order chi connectivity index (χ1) is 12.6. The van der Waals surface area contributed by atoms with E-state index < -0.39 is 0 Å². The van der Waals surface area contributed by atoms with Crippen molar-refractivity contribution in [1.29, 1.82) is 0 Å². The molecule has 1 aromatic heterocycles. The van der Waals surface area contributed by atoms with Gasteiger partial charge in [-0.1, -0.05) is 24.3 Å². The molecule has 0 radical (unpaired) electrons. The van der Waals surface area contributed by atoms with E-state index in [0.29, 0.717) is 12.1 Å². The van der Waals surface area contributed by atoms with Crippen molar-refractivity contribution in [2.75, 3.05) is 17.7 Å². The maximum atomic E-state index is 12.2. The fourth-order valence-electron chi connectivity index (χ4n) is 2.55. The fourth-order valence-corrected chi connectivity index (χ4v) is 2.55. The van der Waals surface area contributed by atoms with Crippen molar-refractivity contribution >= 4 is 23.1 Å². The molecule has 0 unspecified atom stereocenters. The van der Waals surface area contributed by atoms with Crippen LogP contribution in [-0.2, 0) is 11.2 Å². The third kappa shape index (κ3) is 4.83. The second-order valence-electron chi connectivity index (χ2n) is 6.00. The third-order valence-electron chi connectivity index (χ3n) is 3.86. The van der Waals surface area contributed by atoms with Crippen LogP contribution in [0.4, 0.5) is 17.2 Å². The summed E-state index contributed by atoms with van der Waals surface area (Å²) in [5.41, 5.74) is 3.75. The van der Waals surface area contributed by atoms with Gasteiger partial charge in [0.15, 0.2) is 0 Å². The standard InChI is InChI=1S/C21H21N3O2/c1-15-4-3-5-17(12-15)23-20-11-8-18(14-22-20)24-21(25)13-16-6-9-19(26-2)10-7-16/h3-12,14H,13H2,1-2H3,(H,22,23)(H,24,25). The number of amides is 1. The Hall–Kier alpha value is -3.34. The lowest BCUT2D eigenvalue weighted by Gasteiger charge is -2.09. The highest BCUT2D eigenvalue weighted by atomic mass is 16.5. The van der Waals surface area contributed by atoms with Gasteiger partial charge in [0.25, 0.3) is 0 Å². The van der Waals surface area contributed by atoms with Crippen LogP contribution in [0.3, 0.4) is 0 Å². The fraction of sp³-hybridized carbons (Fsp3) is 0.143. The zero-order chi connectivity index (χ0) is 18.4. The molecule has 2 aromatic carbocycles. The molecule has 0 fully saturated rings. The maximum Gasteiger partial charge on any atom is 0.228 e. The number of aryl methyl sites for hydroxylation is 1. The molecule has 3 rings (SSSR count). The van der Waals surface area contributed by atoms with Crippen LogP contribution in [0.25, 0.3) is 0 Å². The number of hydrogen-bond acceptors (Lipinski definition) is 4. The molecule has 0 aliphatic rings. The highest BCUT2D eigenvalue weighted by molar-refractivity contribution is 5.92. The molecule has 0 saturated carbocycles. The van der Waals surface area contributed by atoms with Crippen LogP contribution in [0.15, 0.2) is 66.9 Å². The molecule has 5 heteroatoms. The van der Waals surface area contributed by atoms with Crippen LogP contribution in [0, 0.1) is 6.92 Å². The lowest BCUT2D eigenvalue weighted by atomic mass is 10.1. The number of aromatic nitrogens is 1. The van der Waals surface area contributed by atoms with E-state index in [0.717, 1.165) is 22.8 Å². The Morgan fingerprint density at radius 2 is 1.85 bits per heavy atom. The predicted molar refractivity (Wildman–Crippen MR) is 104 cm³/mol. The van der Waals surface area contributed by atoms with Gasteiger partial charge in [-0.2, -0.15) is 0 Å². The number of rotatable bonds is 6. The number of carbonyl (C=O) groups excluding carboxylic acids is 1. The highest BCUT2D eigenvalue weighted by Gasteiger charge is 2.05. The summed E-state index contributed by atoms with van der Waals surface area (Å²) >= 11 is 0. The molecule has 1 amide bonds. The SMILES string of the molecule is COc1ccc(CC(=O)Nc2ccc(Nc3cccc(C)c3)nc2)cc1. The number of methoxy groups -OCH3 is 1. The Kier molecular flexibility index (Phi) is 5.49.